The van der Waals surface area contributed by atoms with Gasteiger partial charge in [-0.2, -0.15) is 0 Å². The number of rotatable bonds is 8. The van der Waals surface area contributed by atoms with Crippen molar-refractivity contribution in [2.45, 2.75) is 32.6 Å². The van der Waals surface area contributed by atoms with Crippen molar-refractivity contribution < 1.29 is 19.5 Å². The summed E-state index contributed by atoms with van der Waals surface area (Å²) < 4.78 is 0. The molecule has 0 heterocycles. The summed E-state index contributed by atoms with van der Waals surface area (Å²) in [5.41, 5.74) is 1.01. The van der Waals surface area contributed by atoms with Gasteiger partial charge in [0.1, 0.15) is 0 Å². The fraction of sp³-hybridized carbons (Fsp3) is 0.400. The molecule has 0 spiro atoms. The first kappa shape index (κ1) is 16.7. The normalized spacial score (nSPS) is 9.95. The molecule has 6 nitrogen and oxygen atoms in total. The summed E-state index contributed by atoms with van der Waals surface area (Å²) in [6.07, 6.45) is 0.873. The lowest BCUT2D eigenvalue weighted by Gasteiger charge is -2.09. The fourth-order valence-corrected chi connectivity index (χ4v) is 1.75. The molecule has 1 aromatic rings. The maximum atomic E-state index is 11.8. The summed E-state index contributed by atoms with van der Waals surface area (Å²) in [7, 11) is 0. The molecule has 1 rings (SSSR count). The van der Waals surface area contributed by atoms with Gasteiger partial charge in [0, 0.05) is 25.1 Å². The Balaban J connectivity index is 2.51. The van der Waals surface area contributed by atoms with Gasteiger partial charge < -0.3 is 15.7 Å². The molecule has 0 aromatic heterocycles. The van der Waals surface area contributed by atoms with Crippen LogP contribution in [0.25, 0.3) is 0 Å². The van der Waals surface area contributed by atoms with Gasteiger partial charge in [0.15, 0.2) is 0 Å². The van der Waals surface area contributed by atoms with Crippen molar-refractivity contribution in [1.82, 2.24) is 5.32 Å². The van der Waals surface area contributed by atoms with Crippen molar-refractivity contribution in [1.29, 1.82) is 0 Å². The minimum absolute atomic E-state index is 0.0664. The van der Waals surface area contributed by atoms with Crippen LogP contribution in [0.1, 0.15) is 31.7 Å². The van der Waals surface area contributed by atoms with Crippen LogP contribution in [0.4, 0.5) is 5.69 Å². The van der Waals surface area contributed by atoms with E-state index in [0.717, 1.165) is 6.42 Å². The average Bonchev–Trinajstić information content (AvgIpc) is 2.44. The molecular weight excluding hydrogens is 272 g/mol. The Bertz CT molecular complexity index is 514. The minimum Gasteiger partial charge on any atom is -0.481 e. The first-order chi connectivity index (χ1) is 10.0. The molecule has 21 heavy (non-hydrogen) atoms. The third-order valence-corrected chi connectivity index (χ3v) is 2.78. The number of benzene rings is 1. The van der Waals surface area contributed by atoms with E-state index >= 15 is 0 Å². The number of hydrogen-bond donors (Lipinski definition) is 3. The van der Waals surface area contributed by atoms with Crippen LogP contribution in [0.15, 0.2) is 24.3 Å². The van der Waals surface area contributed by atoms with Crippen molar-refractivity contribution >= 4 is 23.5 Å². The number of anilines is 1. The number of carbonyl (C=O) groups is 3. The van der Waals surface area contributed by atoms with Gasteiger partial charge in [-0.1, -0.05) is 25.1 Å². The van der Waals surface area contributed by atoms with E-state index in [-0.39, 0.29) is 31.1 Å². The quantitative estimate of drug-likeness (QED) is 0.677. The predicted molar refractivity (Wildman–Crippen MR) is 78.9 cm³/mol. The molecule has 1 aromatic carbocycles. The van der Waals surface area contributed by atoms with Gasteiger partial charge in [0.25, 0.3) is 0 Å². The van der Waals surface area contributed by atoms with E-state index in [1.807, 2.05) is 6.92 Å². The van der Waals surface area contributed by atoms with Crippen molar-refractivity contribution in [2.24, 2.45) is 0 Å². The third kappa shape index (κ3) is 6.56. The molecule has 3 N–H and O–H groups in total. The molecule has 0 radical (unpaired) electrons. The zero-order valence-corrected chi connectivity index (χ0v) is 12.0. The average molecular weight is 292 g/mol. The number of para-hydroxylation sites is 1. The Hall–Kier alpha value is -2.37. The number of carbonyl (C=O) groups excluding carboxylic acids is 2. The molecule has 0 saturated heterocycles. The Morgan fingerprint density at radius 2 is 1.76 bits per heavy atom. The second kappa shape index (κ2) is 8.73. The Morgan fingerprint density at radius 1 is 1.10 bits per heavy atom. The topological polar surface area (TPSA) is 95.5 Å². The summed E-state index contributed by atoms with van der Waals surface area (Å²) in [6.45, 7) is 2.55. The number of carboxylic acid groups (broad SMARTS) is 1. The number of nitrogens with one attached hydrogen (secondary N) is 2. The highest BCUT2D eigenvalue weighted by Gasteiger charge is 2.10. The Labute approximate surface area is 123 Å². The lowest BCUT2D eigenvalue weighted by Crippen LogP contribution is -2.25. The van der Waals surface area contributed by atoms with E-state index in [1.165, 1.54) is 0 Å². The number of carboxylic acids is 1. The molecule has 0 fully saturated rings. The van der Waals surface area contributed by atoms with Crippen LogP contribution in [0.5, 0.6) is 0 Å². The Kier molecular flexibility index (Phi) is 6.94. The first-order valence-electron chi connectivity index (χ1n) is 6.89. The second-order valence-corrected chi connectivity index (χ2v) is 4.63. The van der Waals surface area contributed by atoms with Gasteiger partial charge in [-0.3, -0.25) is 14.4 Å². The number of amides is 2. The third-order valence-electron chi connectivity index (χ3n) is 2.78. The van der Waals surface area contributed by atoms with Gasteiger partial charge >= 0.3 is 5.97 Å². The summed E-state index contributed by atoms with van der Waals surface area (Å²) in [5, 5.41) is 14.2. The van der Waals surface area contributed by atoms with Crippen molar-refractivity contribution in [3.63, 3.8) is 0 Å². The van der Waals surface area contributed by atoms with Gasteiger partial charge in [0.2, 0.25) is 11.8 Å². The van der Waals surface area contributed by atoms with E-state index in [1.54, 1.807) is 24.3 Å². The smallest absolute Gasteiger partial charge is 0.307 e. The minimum atomic E-state index is -0.962. The van der Waals surface area contributed by atoms with Crippen LogP contribution < -0.4 is 10.6 Å². The molecule has 0 aliphatic rings. The van der Waals surface area contributed by atoms with E-state index in [4.69, 9.17) is 5.11 Å². The molecule has 2 amide bonds. The van der Waals surface area contributed by atoms with Gasteiger partial charge in [0.05, 0.1) is 6.42 Å². The van der Waals surface area contributed by atoms with Crippen LogP contribution >= 0.6 is 0 Å². The monoisotopic (exact) mass is 292 g/mol. The fourth-order valence-electron chi connectivity index (χ4n) is 1.75. The Morgan fingerprint density at radius 3 is 2.43 bits per heavy atom. The standard InChI is InChI=1S/C15H20N2O4/c1-2-9-16-13(18)7-8-14(19)17-12-6-4-3-5-11(12)10-15(20)21/h3-6H,2,7-10H2,1H3,(H,16,18)(H,17,19)(H,20,21). The summed E-state index contributed by atoms with van der Waals surface area (Å²) in [6, 6.07) is 6.73. The van der Waals surface area contributed by atoms with Crippen LogP contribution in [0.3, 0.4) is 0 Å². The van der Waals surface area contributed by atoms with Crippen LogP contribution in [-0.2, 0) is 20.8 Å². The molecular formula is C15H20N2O4. The second-order valence-electron chi connectivity index (χ2n) is 4.63. The van der Waals surface area contributed by atoms with Crippen LogP contribution in [-0.4, -0.2) is 29.4 Å². The number of aliphatic carboxylic acids is 1. The lowest BCUT2D eigenvalue weighted by atomic mass is 10.1. The van der Waals surface area contributed by atoms with Gasteiger partial charge in [-0.05, 0) is 18.1 Å². The van der Waals surface area contributed by atoms with Crippen LogP contribution in [0.2, 0.25) is 0 Å². The molecule has 0 unspecified atom stereocenters. The zero-order chi connectivity index (χ0) is 15.7. The predicted octanol–water partition coefficient (Wildman–Crippen LogP) is 1.56. The molecule has 0 bridgehead atoms. The zero-order valence-electron chi connectivity index (χ0n) is 12.0. The van der Waals surface area contributed by atoms with Gasteiger partial charge in [-0.25, -0.2) is 0 Å². The van der Waals surface area contributed by atoms with Gasteiger partial charge in [-0.15, -0.1) is 0 Å². The molecule has 0 aliphatic carbocycles. The maximum absolute atomic E-state index is 11.8. The van der Waals surface area contributed by atoms with E-state index < -0.39 is 5.97 Å². The lowest BCUT2D eigenvalue weighted by molar-refractivity contribution is -0.136. The summed E-state index contributed by atoms with van der Waals surface area (Å²) in [5.74, 6) is -1.43. The van der Waals surface area contributed by atoms with Crippen molar-refractivity contribution in [2.75, 3.05) is 11.9 Å². The molecule has 0 saturated carbocycles. The first-order valence-corrected chi connectivity index (χ1v) is 6.89. The van der Waals surface area contributed by atoms with Crippen LogP contribution in [0, 0.1) is 0 Å². The van der Waals surface area contributed by atoms with Crippen molar-refractivity contribution in [3.05, 3.63) is 29.8 Å². The summed E-state index contributed by atoms with van der Waals surface area (Å²) >= 11 is 0. The SMILES string of the molecule is CCCNC(=O)CCC(=O)Nc1ccccc1CC(=O)O. The largest absolute Gasteiger partial charge is 0.481 e. The van der Waals surface area contributed by atoms with E-state index in [2.05, 4.69) is 10.6 Å². The van der Waals surface area contributed by atoms with E-state index in [9.17, 15) is 14.4 Å². The highest BCUT2D eigenvalue weighted by molar-refractivity contribution is 5.94. The highest BCUT2D eigenvalue weighted by atomic mass is 16.4. The van der Waals surface area contributed by atoms with E-state index in [0.29, 0.717) is 17.8 Å². The summed E-state index contributed by atoms with van der Waals surface area (Å²) in [4.78, 5) is 33.9. The maximum Gasteiger partial charge on any atom is 0.307 e. The molecule has 0 atom stereocenters. The molecule has 114 valence electrons. The van der Waals surface area contributed by atoms with Crippen molar-refractivity contribution in [3.8, 4) is 0 Å². The molecule has 0 aliphatic heterocycles. The number of hydrogen-bond acceptors (Lipinski definition) is 3. The highest BCUT2D eigenvalue weighted by Crippen LogP contribution is 2.16. The molecule has 6 heteroatoms.